The Morgan fingerprint density at radius 3 is 2.26 bits per heavy atom. The summed E-state index contributed by atoms with van der Waals surface area (Å²) in [6.07, 6.45) is -0.935. The van der Waals surface area contributed by atoms with Crippen LogP contribution in [0.4, 0.5) is 0 Å². The zero-order valence-electron chi connectivity index (χ0n) is 23.5. The van der Waals surface area contributed by atoms with Gasteiger partial charge in [-0.2, -0.15) is 0 Å². The maximum atomic E-state index is 12.6. The fourth-order valence-electron chi connectivity index (χ4n) is 5.03. The minimum Gasteiger partial charge on any atom is -0.392 e. The number of nitrogens with one attached hydrogen (secondary N) is 1. The zero-order chi connectivity index (χ0) is 29.8. The predicted octanol–water partition coefficient (Wildman–Crippen LogP) is 6.85. The molecule has 5 aromatic rings. The summed E-state index contributed by atoms with van der Waals surface area (Å²) in [6, 6.07) is 32.0. The fraction of sp³-hybridized carbons (Fsp3) is 0.242. The van der Waals surface area contributed by atoms with E-state index in [1.807, 2.05) is 66.7 Å². The van der Waals surface area contributed by atoms with Crippen LogP contribution in [0.25, 0.3) is 10.2 Å². The van der Waals surface area contributed by atoms with Crippen molar-refractivity contribution in [1.29, 1.82) is 0 Å². The molecule has 0 unspecified atom stereocenters. The molecule has 0 radical (unpaired) electrons. The molecular weight excluding hydrogens is 601 g/mol. The second kappa shape index (κ2) is 13.3. The van der Waals surface area contributed by atoms with E-state index in [1.54, 1.807) is 53.4 Å². The lowest BCUT2D eigenvalue weighted by atomic mass is 9.91. The highest BCUT2D eigenvalue weighted by atomic mass is 32.2. The fourth-order valence-corrected chi connectivity index (χ4v) is 8.33. The highest BCUT2D eigenvalue weighted by Crippen LogP contribution is 2.43. The van der Waals surface area contributed by atoms with Crippen molar-refractivity contribution in [3.63, 3.8) is 0 Å². The van der Waals surface area contributed by atoms with Gasteiger partial charge >= 0.3 is 0 Å². The van der Waals surface area contributed by atoms with Crippen molar-refractivity contribution in [3.05, 3.63) is 125 Å². The van der Waals surface area contributed by atoms with Crippen LogP contribution in [0.2, 0.25) is 0 Å². The smallest absolute Gasteiger partial charge is 0.240 e. The standard InChI is InChI=1S/C33H32N2O5S3/c1-22-29(21-41-33-35-28-9-5-6-10-30(28)42-33)39-32(40-31(22)25-15-13-24(20-36)14-16-25)26-17-11-23(12-18-26)19-34-43(37,38)27-7-3-2-4-8-27/h2-18,22,29,31-32,34,36H,19-21H2,1H3/t22-,29+,31+,32+/m0/s1. The number of benzene rings is 4. The number of thioether (sulfide) groups is 1. The van der Waals surface area contributed by atoms with Crippen LogP contribution in [-0.4, -0.2) is 30.4 Å². The molecule has 2 N–H and O–H groups in total. The van der Waals surface area contributed by atoms with E-state index < -0.39 is 16.3 Å². The average molecular weight is 633 g/mol. The maximum absolute atomic E-state index is 12.6. The molecule has 4 atom stereocenters. The van der Waals surface area contributed by atoms with Crippen molar-refractivity contribution in [2.24, 2.45) is 5.92 Å². The van der Waals surface area contributed by atoms with Gasteiger partial charge in [0.1, 0.15) is 0 Å². The second-order valence-corrected chi connectivity index (χ2v) is 14.5. The molecule has 0 spiro atoms. The van der Waals surface area contributed by atoms with Gasteiger partial charge in [-0.25, -0.2) is 18.1 Å². The third kappa shape index (κ3) is 7.02. The molecule has 6 rings (SSSR count). The van der Waals surface area contributed by atoms with Gasteiger partial charge in [-0.1, -0.05) is 97.5 Å². The van der Waals surface area contributed by atoms with Crippen LogP contribution in [0.1, 0.15) is 41.6 Å². The summed E-state index contributed by atoms with van der Waals surface area (Å²) >= 11 is 3.38. The van der Waals surface area contributed by atoms with Crippen molar-refractivity contribution in [2.75, 3.05) is 5.75 Å². The topological polar surface area (TPSA) is 97.8 Å². The van der Waals surface area contributed by atoms with E-state index in [9.17, 15) is 13.5 Å². The van der Waals surface area contributed by atoms with Crippen LogP contribution in [0, 0.1) is 5.92 Å². The number of nitrogens with zero attached hydrogens (tertiary/aromatic N) is 1. The molecule has 1 aliphatic heterocycles. The Morgan fingerprint density at radius 2 is 1.53 bits per heavy atom. The molecule has 1 aliphatic rings. The van der Waals surface area contributed by atoms with Gasteiger partial charge in [0.15, 0.2) is 10.6 Å². The van der Waals surface area contributed by atoms with Crippen LogP contribution in [0.5, 0.6) is 0 Å². The number of ether oxygens (including phenoxy) is 2. The van der Waals surface area contributed by atoms with Gasteiger partial charge in [0.05, 0.1) is 33.9 Å². The molecule has 0 saturated carbocycles. The molecular formula is C33H32N2O5S3. The van der Waals surface area contributed by atoms with E-state index in [2.05, 4.69) is 17.7 Å². The first-order valence-electron chi connectivity index (χ1n) is 14.0. The summed E-state index contributed by atoms with van der Waals surface area (Å²) in [6.45, 7) is 2.30. The van der Waals surface area contributed by atoms with E-state index >= 15 is 0 Å². The summed E-state index contributed by atoms with van der Waals surface area (Å²) < 4.78 is 43.3. The quantitative estimate of drug-likeness (QED) is 0.163. The van der Waals surface area contributed by atoms with Gasteiger partial charge in [0.2, 0.25) is 10.0 Å². The zero-order valence-corrected chi connectivity index (χ0v) is 25.9. The SMILES string of the molecule is C[C@H]1[C@@H](CSc2nc3ccccc3s2)O[C@@H](c2ccc(CNS(=O)(=O)c3ccccc3)cc2)O[C@H]1c1ccc(CO)cc1. The number of aliphatic hydroxyl groups excluding tert-OH is 1. The largest absolute Gasteiger partial charge is 0.392 e. The van der Waals surface area contributed by atoms with E-state index in [4.69, 9.17) is 14.5 Å². The Bertz CT molecular complexity index is 1730. The van der Waals surface area contributed by atoms with Crippen LogP contribution >= 0.6 is 23.1 Å². The summed E-state index contributed by atoms with van der Waals surface area (Å²) in [5, 5.41) is 9.52. The van der Waals surface area contributed by atoms with Crippen molar-refractivity contribution in [2.45, 2.75) is 47.8 Å². The van der Waals surface area contributed by atoms with Crippen LogP contribution in [0.15, 0.2) is 112 Å². The highest BCUT2D eigenvalue weighted by molar-refractivity contribution is 8.01. The molecule has 1 fully saturated rings. The Morgan fingerprint density at radius 1 is 0.860 bits per heavy atom. The Balaban J connectivity index is 1.19. The van der Waals surface area contributed by atoms with Crippen molar-refractivity contribution in [3.8, 4) is 0 Å². The molecule has 1 saturated heterocycles. The summed E-state index contributed by atoms with van der Waals surface area (Å²) in [7, 11) is -3.61. The number of aliphatic hydroxyl groups is 1. The molecule has 2 heterocycles. The number of para-hydroxylation sites is 1. The maximum Gasteiger partial charge on any atom is 0.240 e. The molecule has 4 aromatic carbocycles. The summed E-state index contributed by atoms with van der Waals surface area (Å²) in [5.74, 6) is 0.774. The number of sulfonamides is 1. The van der Waals surface area contributed by atoms with E-state index in [1.165, 1.54) is 0 Å². The van der Waals surface area contributed by atoms with E-state index in [0.717, 1.165) is 36.8 Å². The molecule has 7 nitrogen and oxygen atoms in total. The molecule has 0 aliphatic carbocycles. The minimum atomic E-state index is -3.61. The van der Waals surface area contributed by atoms with Gasteiger partial charge in [-0.15, -0.1) is 11.3 Å². The lowest BCUT2D eigenvalue weighted by molar-refractivity contribution is -0.268. The van der Waals surface area contributed by atoms with Gasteiger partial charge in [-0.05, 0) is 41.0 Å². The average Bonchev–Trinajstić information content (AvgIpc) is 3.47. The van der Waals surface area contributed by atoms with Gasteiger partial charge in [-0.3, -0.25) is 0 Å². The monoisotopic (exact) mass is 632 g/mol. The summed E-state index contributed by atoms with van der Waals surface area (Å²) in [4.78, 5) is 5.02. The minimum absolute atomic E-state index is 0.0115. The number of aromatic nitrogens is 1. The van der Waals surface area contributed by atoms with Crippen molar-refractivity contribution < 1.29 is 23.0 Å². The van der Waals surface area contributed by atoms with Gasteiger partial charge in [0, 0.05) is 23.8 Å². The summed E-state index contributed by atoms with van der Waals surface area (Å²) in [5.41, 5.74) is 4.56. The van der Waals surface area contributed by atoms with E-state index in [0.29, 0.717) is 5.75 Å². The molecule has 10 heteroatoms. The van der Waals surface area contributed by atoms with Crippen molar-refractivity contribution >= 4 is 43.3 Å². The van der Waals surface area contributed by atoms with Crippen LogP contribution in [0.3, 0.4) is 0 Å². The van der Waals surface area contributed by atoms with Gasteiger partial charge < -0.3 is 14.6 Å². The number of rotatable bonds is 10. The normalized spacial score (nSPS) is 20.8. The molecule has 0 bridgehead atoms. The number of fused-ring (bicyclic) bond motifs is 1. The lowest BCUT2D eigenvalue weighted by Gasteiger charge is -2.41. The highest BCUT2D eigenvalue weighted by Gasteiger charge is 2.38. The Kier molecular flexibility index (Phi) is 9.25. The Hall–Kier alpha value is -3.09. The first-order chi connectivity index (χ1) is 20.9. The molecule has 1 aromatic heterocycles. The first kappa shape index (κ1) is 30.0. The first-order valence-corrected chi connectivity index (χ1v) is 17.3. The number of hydrogen-bond acceptors (Lipinski definition) is 8. The van der Waals surface area contributed by atoms with Crippen molar-refractivity contribution in [1.82, 2.24) is 9.71 Å². The number of hydrogen-bond donors (Lipinski definition) is 2. The third-order valence-electron chi connectivity index (χ3n) is 7.54. The Labute approximate surface area is 260 Å². The molecule has 0 amide bonds. The second-order valence-electron chi connectivity index (χ2n) is 10.5. The lowest BCUT2D eigenvalue weighted by Crippen LogP contribution is -2.38. The number of thiazole rings is 1. The molecule has 43 heavy (non-hydrogen) atoms. The van der Waals surface area contributed by atoms with E-state index in [-0.39, 0.29) is 36.2 Å². The van der Waals surface area contributed by atoms with Gasteiger partial charge in [0.25, 0.3) is 0 Å². The van der Waals surface area contributed by atoms with Crippen LogP contribution in [-0.2, 0) is 32.6 Å². The predicted molar refractivity (Wildman–Crippen MR) is 170 cm³/mol. The third-order valence-corrected chi connectivity index (χ3v) is 11.2. The van der Waals surface area contributed by atoms with Crippen LogP contribution < -0.4 is 4.72 Å². The molecule has 222 valence electrons.